The number of halogens is 1. The van der Waals surface area contributed by atoms with Gasteiger partial charge in [-0.3, -0.25) is 0 Å². The number of fused-ring (bicyclic) bond motifs is 3. The predicted octanol–water partition coefficient (Wildman–Crippen LogP) is 1.79. The maximum atomic E-state index is 5.98. The molecule has 0 amide bonds. The summed E-state index contributed by atoms with van der Waals surface area (Å²) in [6.45, 7) is 7.46. The molecule has 3 rings (SSSR count). The molecule has 0 spiro atoms. The summed E-state index contributed by atoms with van der Waals surface area (Å²) in [6, 6.07) is 0. The number of rotatable bonds is 1. The highest BCUT2D eigenvalue weighted by atomic mass is 79.9. The van der Waals surface area contributed by atoms with Crippen LogP contribution in [0, 0.1) is 0 Å². The molecule has 2 radical (unpaired) electrons. The van der Waals surface area contributed by atoms with Gasteiger partial charge in [0.25, 0.3) is 0 Å². The maximum Gasteiger partial charge on any atom is 0.190 e. The van der Waals surface area contributed by atoms with Crippen LogP contribution < -0.4 is 0 Å². The number of hydrogen-bond acceptors (Lipinski definition) is 5. The fourth-order valence-electron chi connectivity index (χ4n) is 2.93. The quantitative estimate of drug-likeness (QED) is 0.679. The molecular weight excluding hydrogens is 327 g/mol. The largest absolute Gasteiger partial charge is 0.342 e. The van der Waals surface area contributed by atoms with Crippen molar-refractivity contribution in [1.29, 1.82) is 0 Å². The van der Waals surface area contributed by atoms with Gasteiger partial charge in [-0.2, -0.15) is 0 Å². The van der Waals surface area contributed by atoms with Crippen molar-refractivity contribution in [1.82, 2.24) is 0 Å². The molecule has 0 aliphatic carbocycles. The molecule has 0 aromatic rings. The van der Waals surface area contributed by atoms with Gasteiger partial charge in [-0.1, -0.05) is 26.4 Å². The first-order valence-corrected chi connectivity index (χ1v) is 7.46. The Bertz CT molecular complexity index is 434. The van der Waals surface area contributed by atoms with Crippen molar-refractivity contribution in [3.05, 3.63) is 10.5 Å². The van der Waals surface area contributed by atoms with Crippen LogP contribution in [0.25, 0.3) is 0 Å². The van der Waals surface area contributed by atoms with Gasteiger partial charge in [0, 0.05) is 0 Å². The molecule has 0 aromatic carbocycles. The maximum absolute atomic E-state index is 5.98. The fourth-order valence-corrected chi connectivity index (χ4v) is 3.19. The second-order valence-electron chi connectivity index (χ2n) is 6.19. The Kier molecular flexibility index (Phi) is 3.60. The third kappa shape index (κ3) is 2.72. The van der Waals surface area contributed by atoms with Gasteiger partial charge < -0.3 is 23.7 Å². The molecule has 5 nitrogen and oxygen atoms in total. The van der Waals surface area contributed by atoms with Gasteiger partial charge in [0.15, 0.2) is 17.9 Å². The van der Waals surface area contributed by atoms with Crippen molar-refractivity contribution in [2.45, 2.75) is 70.0 Å². The minimum absolute atomic E-state index is 0.251. The zero-order chi connectivity index (χ0) is 14.7. The van der Waals surface area contributed by atoms with Crippen molar-refractivity contribution < 1.29 is 23.7 Å². The second kappa shape index (κ2) is 4.79. The van der Waals surface area contributed by atoms with Gasteiger partial charge in [-0.25, -0.2) is 0 Å². The Morgan fingerprint density at radius 1 is 0.950 bits per heavy atom. The zero-order valence-corrected chi connectivity index (χ0v) is 13.5. The lowest BCUT2D eigenvalue weighted by atomic mass is 9.97. The molecule has 110 valence electrons. The summed E-state index contributed by atoms with van der Waals surface area (Å²) >= 11 is 3.22. The van der Waals surface area contributed by atoms with E-state index in [0.717, 1.165) is 0 Å². The van der Waals surface area contributed by atoms with E-state index in [1.54, 1.807) is 6.08 Å². The average Bonchev–Trinajstić information content (AvgIpc) is 2.73. The van der Waals surface area contributed by atoms with E-state index in [1.165, 1.54) is 0 Å². The third-order valence-corrected chi connectivity index (χ3v) is 3.78. The first-order chi connectivity index (χ1) is 9.17. The van der Waals surface area contributed by atoms with E-state index < -0.39 is 17.9 Å². The van der Waals surface area contributed by atoms with E-state index in [2.05, 4.69) is 15.9 Å². The van der Waals surface area contributed by atoms with Crippen molar-refractivity contribution in [3.63, 3.8) is 0 Å². The van der Waals surface area contributed by atoms with Gasteiger partial charge >= 0.3 is 0 Å². The Balaban J connectivity index is 1.90. The van der Waals surface area contributed by atoms with Crippen LogP contribution in [0.3, 0.4) is 0 Å². The molecule has 3 heterocycles. The lowest BCUT2D eigenvalue weighted by Crippen LogP contribution is -2.54. The van der Waals surface area contributed by atoms with Crippen LogP contribution in [0.4, 0.5) is 0 Å². The summed E-state index contributed by atoms with van der Waals surface area (Å²) in [4.78, 5) is 0. The fraction of sp³-hybridized carbons (Fsp3) is 0.846. The summed E-state index contributed by atoms with van der Waals surface area (Å²) in [6.07, 6.45) is 0.0843. The summed E-state index contributed by atoms with van der Waals surface area (Å²) in [5.74, 6) is -1.38. The molecule has 20 heavy (non-hydrogen) atoms. The zero-order valence-electron chi connectivity index (χ0n) is 12.0. The molecule has 7 heteroatoms. The topological polar surface area (TPSA) is 46.2 Å². The van der Waals surface area contributed by atoms with E-state index >= 15 is 0 Å². The Labute approximate surface area is 128 Å². The van der Waals surface area contributed by atoms with E-state index in [9.17, 15) is 0 Å². The van der Waals surface area contributed by atoms with Crippen LogP contribution >= 0.6 is 15.9 Å². The first kappa shape index (κ1) is 15.0. The van der Waals surface area contributed by atoms with Crippen LogP contribution in [0.1, 0.15) is 27.7 Å². The van der Waals surface area contributed by atoms with Crippen LogP contribution in [0.5, 0.6) is 0 Å². The lowest BCUT2D eigenvalue weighted by molar-refractivity contribution is -0.222. The molecule has 0 unspecified atom stereocenters. The molecule has 0 aromatic heterocycles. The molecule has 0 bridgehead atoms. The summed E-state index contributed by atoms with van der Waals surface area (Å²) in [5.41, 5.74) is 0. The van der Waals surface area contributed by atoms with Crippen molar-refractivity contribution in [2.75, 3.05) is 0 Å². The van der Waals surface area contributed by atoms with Crippen LogP contribution in [0.15, 0.2) is 10.5 Å². The van der Waals surface area contributed by atoms with Crippen LogP contribution in [-0.2, 0) is 23.7 Å². The van der Waals surface area contributed by atoms with Crippen molar-refractivity contribution in [3.8, 4) is 0 Å². The standard InChI is InChI=1S/C13H18BBrO5/c1-12(2)17-8-6(5-7(14)15)16-11-10(9(8)18-12)19-13(3,4)20-11/h5-6,8-11H,1-4H3/b7-5-/t6-,8+,9+,10-,11-/m0/s1. The Morgan fingerprint density at radius 3 is 2.15 bits per heavy atom. The number of hydrogen-bond donors (Lipinski definition) is 0. The SMILES string of the molecule is [B]/C(Br)=C/[C@@H]1O[C@H]2OC(C)(C)O[C@H]2[C@@H]2OC(C)(C)O[C@@H]21. The number of ether oxygens (including phenoxy) is 5. The van der Waals surface area contributed by atoms with Crippen LogP contribution in [-0.4, -0.2) is 50.1 Å². The van der Waals surface area contributed by atoms with Gasteiger partial charge in [-0.15, -0.1) is 0 Å². The van der Waals surface area contributed by atoms with Crippen molar-refractivity contribution >= 4 is 23.8 Å². The van der Waals surface area contributed by atoms with E-state index in [4.69, 9.17) is 31.5 Å². The van der Waals surface area contributed by atoms with Gasteiger partial charge in [0.1, 0.15) is 32.3 Å². The predicted molar refractivity (Wildman–Crippen MR) is 75.3 cm³/mol. The van der Waals surface area contributed by atoms with Gasteiger partial charge in [-0.05, 0) is 27.7 Å². The molecule has 5 atom stereocenters. The molecule has 3 aliphatic rings. The Hall–Kier alpha value is 0.0849. The molecule has 3 fully saturated rings. The molecule has 3 aliphatic heterocycles. The smallest absolute Gasteiger partial charge is 0.190 e. The second-order valence-corrected chi connectivity index (χ2v) is 7.10. The average molecular weight is 345 g/mol. The van der Waals surface area contributed by atoms with Crippen LogP contribution in [0.2, 0.25) is 0 Å². The lowest BCUT2D eigenvalue weighted by Gasteiger charge is -2.36. The highest BCUT2D eigenvalue weighted by molar-refractivity contribution is 9.12. The monoisotopic (exact) mass is 344 g/mol. The molecule has 3 saturated heterocycles. The summed E-state index contributed by atoms with van der Waals surface area (Å²) < 4.78 is 30.0. The highest BCUT2D eigenvalue weighted by Crippen LogP contribution is 2.44. The Morgan fingerprint density at radius 2 is 1.50 bits per heavy atom. The van der Waals surface area contributed by atoms with E-state index in [1.807, 2.05) is 27.7 Å². The normalized spacial score (nSPS) is 46.0. The molecule has 0 saturated carbocycles. The minimum atomic E-state index is -0.700. The van der Waals surface area contributed by atoms with Gasteiger partial charge in [0.05, 0.1) is 0 Å². The van der Waals surface area contributed by atoms with Crippen molar-refractivity contribution in [2.24, 2.45) is 0 Å². The first-order valence-electron chi connectivity index (χ1n) is 6.66. The summed E-state index contributed by atoms with van der Waals surface area (Å²) in [7, 11) is 5.69. The van der Waals surface area contributed by atoms with E-state index in [0.29, 0.717) is 4.38 Å². The third-order valence-electron chi connectivity index (χ3n) is 3.51. The highest BCUT2D eigenvalue weighted by Gasteiger charge is 2.60. The summed E-state index contributed by atoms with van der Waals surface area (Å²) in [5, 5.41) is 0. The van der Waals surface area contributed by atoms with E-state index in [-0.39, 0.29) is 24.4 Å². The van der Waals surface area contributed by atoms with Gasteiger partial charge in [0.2, 0.25) is 0 Å². The minimum Gasteiger partial charge on any atom is -0.342 e. The molecular formula is C13H18BBrO5. The molecule has 0 N–H and O–H groups in total.